The molecule has 0 aliphatic rings. The minimum absolute atomic E-state index is 0.747. The third-order valence-corrected chi connectivity index (χ3v) is 8.28. The minimum Gasteiger partial charge on any atom is -0.493 e. The molecule has 0 unspecified atom stereocenters. The summed E-state index contributed by atoms with van der Waals surface area (Å²) in [7, 11) is 0. The molecule has 0 aromatic heterocycles. The van der Waals surface area contributed by atoms with Gasteiger partial charge < -0.3 is 4.74 Å². The van der Waals surface area contributed by atoms with Crippen LogP contribution in [0.25, 0.3) is 10.8 Å². The molecule has 0 radical (unpaired) electrons. The van der Waals surface area contributed by atoms with Gasteiger partial charge in [0.05, 0.1) is 29.4 Å². The van der Waals surface area contributed by atoms with Crippen molar-refractivity contribution in [3.8, 4) is 5.75 Å². The summed E-state index contributed by atoms with van der Waals surface area (Å²) in [6.07, 6.45) is 22.0. The molecule has 0 saturated heterocycles. The number of ether oxygens (including phenoxy) is 1. The van der Waals surface area contributed by atoms with E-state index in [0.29, 0.717) is 0 Å². The molecule has 4 aromatic carbocycles. The lowest BCUT2D eigenvalue weighted by molar-refractivity contribution is 0.307. The lowest BCUT2D eigenvalue weighted by atomic mass is 10.0. The average Bonchev–Trinajstić information content (AvgIpc) is 3.09. The number of hydrogen-bond donors (Lipinski definition) is 0. The molecule has 4 aromatic rings. The highest BCUT2D eigenvalue weighted by molar-refractivity contribution is 5.96. The Hall–Kier alpha value is -3.86. The van der Waals surface area contributed by atoms with Crippen molar-refractivity contribution in [3.63, 3.8) is 0 Å². The Morgan fingerprint density at radius 2 is 0.844 bits per heavy atom. The van der Waals surface area contributed by atoms with Gasteiger partial charge in [-0.1, -0.05) is 146 Å². The molecule has 45 heavy (non-hydrogen) atoms. The summed E-state index contributed by atoms with van der Waals surface area (Å²) in [5, 5.41) is 19.7. The fourth-order valence-electron chi connectivity index (χ4n) is 5.61. The molecule has 4 rings (SSSR count). The van der Waals surface area contributed by atoms with E-state index in [0.717, 1.165) is 52.3 Å². The maximum Gasteiger partial charge on any atom is 0.127 e. The lowest BCUT2D eigenvalue weighted by Crippen LogP contribution is -1.98. The Balaban J connectivity index is 1.12. The number of fused-ring (bicyclic) bond motifs is 1. The van der Waals surface area contributed by atoms with E-state index < -0.39 is 0 Å². The van der Waals surface area contributed by atoms with Crippen molar-refractivity contribution in [1.29, 1.82) is 0 Å². The topological polar surface area (TPSA) is 58.7 Å². The zero-order valence-corrected chi connectivity index (χ0v) is 27.4. The van der Waals surface area contributed by atoms with Crippen LogP contribution >= 0.6 is 0 Å². The Bertz CT molecular complexity index is 1420. The number of rotatable bonds is 22. The van der Waals surface area contributed by atoms with Crippen LogP contribution in [0.5, 0.6) is 5.75 Å². The summed E-state index contributed by atoms with van der Waals surface area (Å²) < 4.78 is 6.23. The molecule has 0 atom stereocenters. The van der Waals surface area contributed by atoms with Gasteiger partial charge in [0, 0.05) is 10.8 Å². The number of benzene rings is 4. The van der Waals surface area contributed by atoms with Crippen LogP contribution in [0.3, 0.4) is 0 Å². The van der Waals surface area contributed by atoms with Crippen molar-refractivity contribution in [3.05, 3.63) is 91.0 Å². The molecule has 0 heterocycles. The molecule has 5 heteroatoms. The number of azo groups is 2. The van der Waals surface area contributed by atoms with E-state index in [1.54, 1.807) is 0 Å². The van der Waals surface area contributed by atoms with Crippen LogP contribution in [-0.2, 0) is 0 Å². The van der Waals surface area contributed by atoms with Gasteiger partial charge in [0.15, 0.2) is 0 Å². The molecule has 0 fully saturated rings. The zero-order chi connectivity index (χ0) is 31.2. The van der Waals surface area contributed by atoms with Gasteiger partial charge in [-0.2, -0.15) is 15.3 Å². The Morgan fingerprint density at radius 1 is 0.400 bits per heavy atom. The first-order chi connectivity index (χ1) is 22.3. The van der Waals surface area contributed by atoms with E-state index in [2.05, 4.69) is 39.5 Å². The molecule has 0 N–H and O–H groups in total. The average molecular weight is 605 g/mol. The maximum atomic E-state index is 6.23. The van der Waals surface area contributed by atoms with E-state index in [1.807, 2.05) is 78.9 Å². The van der Waals surface area contributed by atoms with Crippen LogP contribution in [0.15, 0.2) is 111 Å². The van der Waals surface area contributed by atoms with Crippen LogP contribution in [0.4, 0.5) is 22.7 Å². The highest BCUT2D eigenvalue weighted by atomic mass is 16.5. The second kappa shape index (κ2) is 21.0. The second-order valence-electron chi connectivity index (χ2n) is 12.0. The smallest absolute Gasteiger partial charge is 0.127 e. The Kier molecular flexibility index (Phi) is 15.9. The zero-order valence-electron chi connectivity index (χ0n) is 27.4. The van der Waals surface area contributed by atoms with Crippen LogP contribution in [-0.4, -0.2) is 6.61 Å². The fourth-order valence-corrected chi connectivity index (χ4v) is 5.61. The third kappa shape index (κ3) is 13.0. The number of unbranched alkanes of at least 4 members (excludes halogenated alkanes) is 15. The van der Waals surface area contributed by atoms with Gasteiger partial charge in [-0.25, -0.2) is 0 Å². The van der Waals surface area contributed by atoms with Crippen molar-refractivity contribution in [2.75, 3.05) is 6.61 Å². The van der Waals surface area contributed by atoms with Gasteiger partial charge in [0.25, 0.3) is 0 Å². The van der Waals surface area contributed by atoms with E-state index in [9.17, 15) is 0 Å². The standard InChI is InChI=1S/C40H52N4O/c1-2-3-4-5-6-7-8-9-10-11-12-13-14-15-16-22-33-45-40-32-31-39(37-25-20-21-26-38(37)40)44-43-36-29-27-35(28-30-36)42-41-34-23-18-17-19-24-34/h17-21,23-32H,2-16,22,33H2,1H3. The highest BCUT2D eigenvalue weighted by Gasteiger charge is 2.07. The third-order valence-electron chi connectivity index (χ3n) is 8.28. The first-order valence-corrected chi connectivity index (χ1v) is 17.5. The summed E-state index contributed by atoms with van der Waals surface area (Å²) in [5.41, 5.74) is 3.19. The first kappa shape index (κ1) is 34.0. The Morgan fingerprint density at radius 3 is 1.40 bits per heavy atom. The van der Waals surface area contributed by atoms with Gasteiger partial charge in [-0.3, -0.25) is 0 Å². The summed E-state index contributed by atoms with van der Waals surface area (Å²) in [5.74, 6) is 0.915. The predicted molar refractivity (Wildman–Crippen MR) is 190 cm³/mol. The lowest BCUT2D eigenvalue weighted by Gasteiger charge is -2.11. The van der Waals surface area contributed by atoms with E-state index in [1.165, 1.54) is 96.3 Å². The van der Waals surface area contributed by atoms with Crippen LogP contribution in [0, 0.1) is 0 Å². The summed E-state index contributed by atoms with van der Waals surface area (Å²) >= 11 is 0. The van der Waals surface area contributed by atoms with Crippen molar-refractivity contribution in [2.45, 2.75) is 110 Å². The normalized spacial score (nSPS) is 11.7. The maximum absolute atomic E-state index is 6.23. The van der Waals surface area contributed by atoms with Gasteiger partial charge in [0.1, 0.15) is 5.75 Å². The van der Waals surface area contributed by atoms with Crippen molar-refractivity contribution >= 4 is 33.5 Å². The minimum atomic E-state index is 0.747. The fraction of sp³-hybridized carbons (Fsp3) is 0.450. The van der Waals surface area contributed by atoms with Crippen molar-refractivity contribution < 1.29 is 4.74 Å². The summed E-state index contributed by atoms with van der Waals surface area (Å²) in [6.45, 7) is 3.04. The SMILES string of the molecule is CCCCCCCCCCCCCCCCCCOc1ccc(N=Nc2ccc(N=Nc3ccccc3)cc2)c2ccccc12. The van der Waals surface area contributed by atoms with Gasteiger partial charge in [-0.15, -0.1) is 5.11 Å². The molecule has 0 aliphatic carbocycles. The van der Waals surface area contributed by atoms with Crippen molar-refractivity contribution in [2.24, 2.45) is 20.5 Å². The monoisotopic (exact) mass is 604 g/mol. The molecular weight excluding hydrogens is 552 g/mol. The molecule has 238 valence electrons. The molecule has 0 bridgehead atoms. The molecule has 0 aliphatic heterocycles. The molecular formula is C40H52N4O. The Labute approximate surface area is 271 Å². The summed E-state index contributed by atoms with van der Waals surface area (Å²) in [4.78, 5) is 0. The van der Waals surface area contributed by atoms with Crippen molar-refractivity contribution in [1.82, 2.24) is 0 Å². The quantitative estimate of drug-likeness (QED) is 0.0650. The summed E-state index contributed by atoms with van der Waals surface area (Å²) in [6, 6.07) is 29.6. The molecule has 0 saturated carbocycles. The number of nitrogens with zero attached hydrogens (tertiary/aromatic N) is 4. The van der Waals surface area contributed by atoms with Gasteiger partial charge in [-0.05, 0) is 55.0 Å². The van der Waals surface area contributed by atoms with Gasteiger partial charge >= 0.3 is 0 Å². The molecule has 0 spiro atoms. The van der Waals surface area contributed by atoms with Gasteiger partial charge in [0.2, 0.25) is 0 Å². The van der Waals surface area contributed by atoms with E-state index >= 15 is 0 Å². The molecule has 5 nitrogen and oxygen atoms in total. The highest BCUT2D eigenvalue weighted by Crippen LogP contribution is 2.34. The van der Waals surface area contributed by atoms with Crippen LogP contribution in [0.2, 0.25) is 0 Å². The molecule has 0 amide bonds. The van der Waals surface area contributed by atoms with E-state index in [4.69, 9.17) is 4.74 Å². The number of hydrogen-bond acceptors (Lipinski definition) is 5. The van der Waals surface area contributed by atoms with Crippen LogP contribution in [0.1, 0.15) is 110 Å². The van der Waals surface area contributed by atoms with Crippen LogP contribution < -0.4 is 4.74 Å². The van der Waals surface area contributed by atoms with E-state index in [-0.39, 0.29) is 0 Å². The second-order valence-corrected chi connectivity index (χ2v) is 12.0. The predicted octanol–water partition coefficient (Wildman–Crippen LogP) is 14.3. The largest absolute Gasteiger partial charge is 0.493 e. The first-order valence-electron chi connectivity index (χ1n) is 17.5.